The molecule has 1 aliphatic rings. The van der Waals surface area contributed by atoms with Gasteiger partial charge in [-0.15, -0.1) is 11.7 Å². The van der Waals surface area contributed by atoms with Gasteiger partial charge in [-0.05, 0) is 29.7 Å². The summed E-state index contributed by atoms with van der Waals surface area (Å²) in [6.07, 6.45) is 9.59. The molecule has 0 spiro atoms. The third kappa shape index (κ3) is 4.09. The second-order valence-electron chi connectivity index (χ2n) is 3.27. The fourth-order valence-electron chi connectivity index (χ4n) is 1.63. The summed E-state index contributed by atoms with van der Waals surface area (Å²) in [4.78, 5) is 0. The summed E-state index contributed by atoms with van der Waals surface area (Å²) in [7, 11) is 1.38. The molecule has 0 aliphatic heterocycles. The Hall–Kier alpha value is -0.0900. The quantitative estimate of drug-likeness (QED) is 0.384. The molecule has 13 heavy (non-hydrogen) atoms. The number of allylic oxidation sites excluding steroid dienone is 1. The maximum atomic E-state index is 6.97. The van der Waals surface area contributed by atoms with Gasteiger partial charge in [-0.3, -0.25) is 0 Å². The molecule has 0 radical (unpaired) electrons. The van der Waals surface area contributed by atoms with Gasteiger partial charge in [0.15, 0.2) is 0 Å². The van der Waals surface area contributed by atoms with Crippen molar-refractivity contribution in [1.82, 2.24) is 5.32 Å². The molecule has 0 unspecified atom stereocenters. The van der Waals surface area contributed by atoms with Crippen molar-refractivity contribution in [3.05, 3.63) is 11.1 Å². The van der Waals surface area contributed by atoms with Crippen molar-refractivity contribution < 1.29 is 0 Å². The first kappa shape index (κ1) is 11.0. The molecule has 0 aromatic heterocycles. The van der Waals surface area contributed by atoms with Crippen LogP contribution in [0.2, 0.25) is 0 Å². The van der Waals surface area contributed by atoms with Crippen molar-refractivity contribution in [2.24, 2.45) is 0 Å². The summed E-state index contributed by atoms with van der Waals surface area (Å²) in [5.74, 6) is 0. The van der Waals surface area contributed by atoms with Crippen molar-refractivity contribution in [1.29, 1.82) is 5.41 Å². The Morgan fingerprint density at radius 1 is 1.38 bits per heavy atom. The molecule has 2 nitrogen and oxygen atoms in total. The lowest BCUT2D eigenvalue weighted by Gasteiger charge is -2.24. The Balaban J connectivity index is 2.35. The predicted octanol–water partition coefficient (Wildman–Crippen LogP) is 2.98. The summed E-state index contributed by atoms with van der Waals surface area (Å²) in [5.41, 5.74) is 0. The highest BCUT2D eigenvalue weighted by Gasteiger charge is 2.13. The van der Waals surface area contributed by atoms with Crippen molar-refractivity contribution in [3.63, 3.8) is 0 Å². The number of thiol groups is 1. The van der Waals surface area contributed by atoms with Crippen LogP contribution in [0, 0.1) is 5.41 Å². The molecule has 0 atom stereocenters. The second kappa shape index (κ2) is 6.38. The van der Waals surface area contributed by atoms with E-state index >= 15 is 0 Å². The normalized spacial score (nSPS) is 19.9. The van der Waals surface area contributed by atoms with Crippen molar-refractivity contribution in [3.8, 4) is 0 Å². The number of rotatable bonds is 4. The van der Waals surface area contributed by atoms with Crippen LogP contribution in [0.4, 0.5) is 0 Å². The molecule has 0 heterocycles. The van der Waals surface area contributed by atoms with Crippen LogP contribution in [0.25, 0.3) is 0 Å². The van der Waals surface area contributed by atoms with Crippen molar-refractivity contribution in [2.75, 3.05) is 0 Å². The minimum atomic E-state index is 0.597. The second-order valence-corrected chi connectivity index (χ2v) is 4.44. The van der Waals surface area contributed by atoms with Crippen LogP contribution in [-0.2, 0) is 0 Å². The maximum Gasteiger partial charge on any atom is 0.0804 e. The lowest BCUT2D eigenvalue weighted by molar-refractivity contribution is 0.402. The molecule has 0 bridgehead atoms. The summed E-state index contributed by atoms with van der Waals surface area (Å²) < 4.78 is 0. The zero-order valence-electron chi connectivity index (χ0n) is 7.62. The van der Waals surface area contributed by atoms with Gasteiger partial charge in [0.1, 0.15) is 0 Å². The molecule has 1 aliphatic carbocycles. The van der Waals surface area contributed by atoms with Gasteiger partial charge in [0, 0.05) is 12.3 Å². The Bertz CT molecular complexity index is 186. The highest BCUT2D eigenvalue weighted by atomic mass is 33.1. The van der Waals surface area contributed by atoms with Crippen molar-refractivity contribution in [2.45, 2.75) is 38.1 Å². The van der Waals surface area contributed by atoms with Gasteiger partial charge in [0.25, 0.3) is 0 Å². The first-order valence-electron chi connectivity index (χ1n) is 4.65. The Morgan fingerprint density at radius 3 is 2.62 bits per heavy atom. The Labute approximate surface area is 88.9 Å². The molecule has 2 N–H and O–H groups in total. The molecular formula is C9H16N2S2. The van der Waals surface area contributed by atoms with Crippen molar-refractivity contribution >= 4 is 28.7 Å². The Morgan fingerprint density at radius 2 is 2.08 bits per heavy atom. The van der Waals surface area contributed by atoms with Crippen LogP contribution in [-0.4, -0.2) is 12.3 Å². The standard InChI is InChI=1S/C9H16N2S2/c10-7-6-9(13-12)11-8-4-2-1-3-5-8/h6-8,10-12H,1-5H2/b9-6+,10-7?. The van der Waals surface area contributed by atoms with E-state index in [2.05, 4.69) is 17.0 Å². The fourth-order valence-corrected chi connectivity index (χ4v) is 2.32. The molecule has 1 rings (SSSR count). The third-order valence-electron chi connectivity index (χ3n) is 2.28. The highest BCUT2D eigenvalue weighted by Crippen LogP contribution is 2.22. The van der Waals surface area contributed by atoms with E-state index < -0.39 is 0 Å². The van der Waals surface area contributed by atoms with Crippen LogP contribution < -0.4 is 5.32 Å². The minimum absolute atomic E-state index is 0.597. The SMILES string of the molecule is N=C/C=C(\NC1CCCCC1)SS. The van der Waals surface area contributed by atoms with Crippen LogP contribution in [0.3, 0.4) is 0 Å². The molecule has 0 aromatic carbocycles. The molecule has 0 saturated heterocycles. The summed E-state index contributed by atoms with van der Waals surface area (Å²) >= 11 is 4.13. The summed E-state index contributed by atoms with van der Waals surface area (Å²) in [6.45, 7) is 0. The third-order valence-corrected chi connectivity index (χ3v) is 3.33. The van der Waals surface area contributed by atoms with E-state index in [0.29, 0.717) is 6.04 Å². The predicted molar refractivity (Wildman–Crippen MR) is 63.5 cm³/mol. The largest absolute Gasteiger partial charge is 0.376 e. The molecule has 74 valence electrons. The summed E-state index contributed by atoms with van der Waals surface area (Å²) in [6, 6.07) is 0.597. The zero-order chi connectivity index (χ0) is 9.52. The van der Waals surface area contributed by atoms with Crippen LogP contribution in [0.5, 0.6) is 0 Å². The van der Waals surface area contributed by atoms with E-state index in [4.69, 9.17) is 5.41 Å². The monoisotopic (exact) mass is 216 g/mol. The number of hydrogen-bond acceptors (Lipinski definition) is 4. The van der Waals surface area contributed by atoms with Gasteiger partial charge in [0.2, 0.25) is 0 Å². The fraction of sp³-hybridized carbons (Fsp3) is 0.667. The van der Waals surface area contributed by atoms with Gasteiger partial charge < -0.3 is 10.7 Å². The molecule has 0 aromatic rings. The zero-order valence-corrected chi connectivity index (χ0v) is 9.33. The first-order chi connectivity index (χ1) is 6.36. The number of hydrogen-bond donors (Lipinski definition) is 3. The van der Waals surface area contributed by atoms with Gasteiger partial charge >= 0.3 is 0 Å². The van der Waals surface area contributed by atoms with Gasteiger partial charge in [-0.1, -0.05) is 19.3 Å². The van der Waals surface area contributed by atoms with E-state index in [1.807, 2.05) is 0 Å². The molecule has 4 heteroatoms. The summed E-state index contributed by atoms with van der Waals surface area (Å²) in [5, 5.41) is 11.4. The van der Waals surface area contributed by atoms with Gasteiger partial charge in [0.05, 0.1) is 5.03 Å². The van der Waals surface area contributed by atoms with E-state index in [-0.39, 0.29) is 0 Å². The molecular weight excluding hydrogens is 200 g/mol. The number of nitrogens with one attached hydrogen (secondary N) is 2. The molecule has 0 amide bonds. The average molecular weight is 216 g/mol. The smallest absolute Gasteiger partial charge is 0.0804 e. The van der Waals surface area contributed by atoms with Gasteiger partial charge in [-0.2, -0.15) is 0 Å². The molecule has 1 saturated carbocycles. The van der Waals surface area contributed by atoms with E-state index in [1.54, 1.807) is 6.08 Å². The van der Waals surface area contributed by atoms with Crippen LogP contribution in [0.1, 0.15) is 32.1 Å². The Kier molecular flexibility index (Phi) is 5.39. The first-order valence-corrected chi connectivity index (χ1v) is 6.52. The lowest BCUT2D eigenvalue weighted by atomic mass is 9.96. The van der Waals surface area contributed by atoms with Gasteiger partial charge in [-0.25, -0.2) is 0 Å². The van der Waals surface area contributed by atoms with E-state index in [9.17, 15) is 0 Å². The molecule has 1 fully saturated rings. The topological polar surface area (TPSA) is 35.9 Å². The maximum absolute atomic E-state index is 6.97. The lowest BCUT2D eigenvalue weighted by Crippen LogP contribution is -2.29. The van der Waals surface area contributed by atoms with Crippen LogP contribution >= 0.6 is 22.5 Å². The average Bonchev–Trinajstić information content (AvgIpc) is 2.19. The highest BCUT2D eigenvalue weighted by molar-refractivity contribution is 8.70. The minimum Gasteiger partial charge on any atom is -0.376 e. The van der Waals surface area contributed by atoms with E-state index in [0.717, 1.165) is 5.03 Å². The van der Waals surface area contributed by atoms with Crippen LogP contribution in [0.15, 0.2) is 11.1 Å². The van der Waals surface area contributed by atoms with E-state index in [1.165, 1.54) is 49.1 Å².